The first-order chi connectivity index (χ1) is 9.47. The van der Waals surface area contributed by atoms with E-state index in [4.69, 9.17) is 0 Å². The molecule has 1 aliphatic rings. The van der Waals surface area contributed by atoms with E-state index in [9.17, 15) is 9.90 Å². The van der Waals surface area contributed by atoms with E-state index in [2.05, 4.69) is 15.9 Å². The van der Waals surface area contributed by atoms with E-state index in [1.165, 1.54) is 0 Å². The molecule has 1 amide bonds. The summed E-state index contributed by atoms with van der Waals surface area (Å²) in [6.45, 7) is 5.35. The molecule has 0 bridgehead atoms. The van der Waals surface area contributed by atoms with Crippen LogP contribution in [0.25, 0.3) is 0 Å². The second-order valence-corrected chi connectivity index (χ2v) is 6.65. The van der Waals surface area contributed by atoms with Crippen molar-refractivity contribution in [1.29, 1.82) is 0 Å². The summed E-state index contributed by atoms with van der Waals surface area (Å²) in [5.74, 6) is 0.388. The Hall–Kier alpha value is -0.870. The van der Waals surface area contributed by atoms with Crippen molar-refractivity contribution < 1.29 is 9.90 Å². The SMILES string of the molecule is Cc1cc(Br)ccc1CC(=O)N1CCC[C@H]([C@@H](C)O)C1. The Balaban J connectivity index is 2.00. The number of hydrogen-bond donors (Lipinski definition) is 1. The Labute approximate surface area is 129 Å². The number of amides is 1. The summed E-state index contributed by atoms with van der Waals surface area (Å²) in [7, 11) is 0. The summed E-state index contributed by atoms with van der Waals surface area (Å²) in [4.78, 5) is 14.3. The van der Waals surface area contributed by atoms with Crippen LogP contribution in [-0.2, 0) is 11.2 Å². The summed E-state index contributed by atoms with van der Waals surface area (Å²) < 4.78 is 1.04. The summed E-state index contributed by atoms with van der Waals surface area (Å²) in [5, 5.41) is 9.70. The minimum atomic E-state index is -0.333. The summed E-state index contributed by atoms with van der Waals surface area (Å²) in [6.07, 6.45) is 2.12. The van der Waals surface area contributed by atoms with Gasteiger partial charge in [-0.3, -0.25) is 4.79 Å². The maximum atomic E-state index is 12.4. The quantitative estimate of drug-likeness (QED) is 0.919. The van der Waals surface area contributed by atoms with Gasteiger partial charge in [-0.2, -0.15) is 0 Å². The molecule has 1 aromatic rings. The monoisotopic (exact) mass is 339 g/mol. The smallest absolute Gasteiger partial charge is 0.227 e. The number of nitrogens with zero attached hydrogens (tertiary/aromatic N) is 1. The van der Waals surface area contributed by atoms with Gasteiger partial charge in [-0.25, -0.2) is 0 Å². The molecule has 1 fully saturated rings. The number of carbonyl (C=O) groups is 1. The number of hydrogen-bond acceptors (Lipinski definition) is 2. The molecule has 1 N–H and O–H groups in total. The molecule has 4 heteroatoms. The van der Waals surface area contributed by atoms with Gasteiger partial charge in [-0.1, -0.05) is 22.0 Å². The summed E-state index contributed by atoms with van der Waals surface area (Å²) >= 11 is 3.44. The van der Waals surface area contributed by atoms with E-state index in [1.54, 1.807) is 0 Å². The van der Waals surface area contributed by atoms with Crippen LogP contribution in [0.15, 0.2) is 22.7 Å². The molecule has 1 aliphatic heterocycles. The third kappa shape index (κ3) is 3.83. The van der Waals surface area contributed by atoms with Crippen molar-refractivity contribution in [2.45, 2.75) is 39.2 Å². The Morgan fingerprint density at radius 2 is 2.30 bits per heavy atom. The molecule has 1 saturated heterocycles. The van der Waals surface area contributed by atoms with E-state index >= 15 is 0 Å². The van der Waals surface area contributed by atoms with Gasteiger partial charge in [0.05, 0.1) is 12.5 Å². The van der Waals surface area contributed by atoms with Gasteiger partial charge in [0, 0.05) is 23.5 Å². The molecule has 0 radical (unpaired) electrons. The molecule has 110 valence electrons. The van der Waals surface area contributed by atoms with Crippen LogP contribution >= 0.6 is 15.9 Å². The number of halogens is 1. The second-order valence-electron chi connectivity index (χ2n) is 5.73. The average molecular weight is 340 g/mol. The van der Waals surface area contributed by atoms with Gasteiger partial charge < -0.3 is 10.0 Å². The number of aryl methyl sites for hydroxylation is 1. The van der Waals surface area contributed by atoms with E-state index < -0.39 is 0 Å². The Bertz CT molecular complexity index is 487. The minimum absolute atomic E-state index is 0.167. The normalized spacial score (nSPS) is 20.8. The Kier molecular flexibility index (Phi) is 5.22. The van der Waals surface area contributed by atoms with Crippen LogP contribution in [0.1, 0.15) is 30.9 Å². The number of likely N-dealkylation sites (tertiary alicyclic amines) is 1. The van der Waals surface area contributed by atoms with Crippen LogP contribution in [0.5, 0.6) is 0 Å². The van der Waals surface area contributed by atoms with Crippen molar-refractivity contribution in [3.8, 4) is 0 Å². The van der Waals surface area contributed by atoms with E-state index in [0.29, 0.717) is 13.0 Å². The highest BCUT2D eigenvalue weighted by Crippen LogP contribution is 2.22. The molecule has 1 aromatic carbocycles. The van der Waals surface area contributed by atoms with Crippen molar-refractivity contribution in [2.24, 2.45) is 5.92 Å². The lowest BCUT2D eigenvalue weighted by Gasteiger charge is -2.34. The van der Waals surface area contributed by atoms with Crippen molar-refractivity contribution in [3.63, 3.8) is 0 Å². The Morgan fingerprint density at radius 1 is 1.55 bits per heavy atom. The fourth-order valence-corrected chi connectivity index (χ4v) is 3.24. The molecule has 3 nitrogen and oxygen atoms in total. The van der Waals surface area contributed by atoms with Crippen molar-refractivity contribution in [2.75, 3.05) is 13.1 Å². The number of aliphatic hydroxyl groups excluding tert-OH is 1. The highest BCUT2D eigenvalue weighted by Gasteiger charge is 2.26. The lowest BCUT2D eigenvalue weighted by Crippen LogP contribution is -2.43. The summed E-state index contributed by atoms with van der Waals surface area (Å²) in [5.41, 5.74) is 2.22. The van der Waals surface area contributed by atoms with Crippen molar-refractivity contribution >= 4 is 21.8 Å². The molecule has 0 spiro atoms. The highest BCUT2D eigenvalue weighted by atomic mass is 79.9. The topological polar surface area (TPSA) is 40.5 Å². The average Bonchev–Trinajstić information content (AvgIpc) is 2.42. The molecule has 0 aromatic heterocycles. The first-order valence-corrected chi connectivity index (χ1v) is 7.97. The van der Waals surface area contributed by atoms with Crippen LogP contribution < -0.4 is 0 Å². The van der Waals surface area contributed by atoms with Gasteiger partial charge in [0.25, 0.3) is 0 Å². The lowest BCUT2D eigenvalue weighted by atomic mass is 9.93. The predicted molar refractivity (Wildman–Crippen MR) is 83.6 cm³/mol. The molecule has 2 rings (SSSR count). The zero-order valence-corrected chi connectivity index (χ0v) is 13.7. The van der Waals surface area contributed by atoms with E-state index in [1.807, 2.05) is 36.9 Å². The first kappa shape index (κ1) is 15.5. The molecule has 1 heterocycles. The number of benzene rings is 1. The zero-order chi connectivity index (χ0) is 14.7. The number of piperidine rings is 1. The Morgan fingerprint density at radius 3 is 2.95 bits per heavy atom. The van der Waals surface area contributed by atoms with Crippen molar-refractivity contribution in [3.05, 3.63) is 33.8 Å². The van der Waals surface area contributed by atoms with E-state index in [0.717, 1.165) is 35.0 Å². The molecule has 0 aliphatic carbocycles. The third-order valence-electron chi connectivity index (χ3n) is 4.14. The fraction of sp³-hybridized carbons (Fsp3) is 0.562. The van der Waals surface area contributed by atoms with Gasteiger partial charge >= 0.3 is 0 Å². The molecular formula is C16H22BrNO2. The predicted octanol–water partition coefficient (Wildman–Crippen LogP) is 2.92. The number of carbonyl (C=O) groups excluding carboxylic acids is 1. The van der Waals surface area contributed by atoms with Crippen LogP contribution in [0.4, 0.5) is 0 Å². The molecule has 20 heavy (non-hydrogen) atoms. The van der Waals surface area contributed by atoms with Gasteiger partial charge in [0.1, 0.15) is 0 Å². The van der Waals surface area contributed by atoms with Crippen LogP contribution in [-0.4, -0.2) is 35.1 Å². The first-order valence-electron chi connectivity index (χ1n) is 7.18. The fourth-order valence-electron chi connectivity index (χ4n) is 2.76. The zero-order valence-electron chi connectivity index (χ0n) is 12.1. The van der Waals surface area contributed by atoms with E-state index in [-0.39, 0.29) is 17.9 Å². The minimum Gasteiger partial charge on any atom is -0.393 e. The van der Waals surface area contributed by atoms with Gasteiger partial charge in [-0.05, 0) is 49.9 Å². The van der Waals surface area contributed by atoms with Gasteiger partial charge in [-0.15, -0.1) is 0 Å². The van der Waals surface area contributed by atoms with Gasteiger partial charge in [0.15, 0.2) is 0 Å². The second kappa shape index (κ2) is 6.72. The maximum absolute atomic E-state index is 12.4. The maximum Gasteiger partial charge on any atom is 0.227 e. The van der Waals surface area contributed by atoms with Crippen LogP contribution in [0.3, 0.4) is 0 Å². The third-order valence-corrected chi connectivity index (χ3v) is 4.63. The molecule has 0 unspecified atom stereocenters. The van der Waals surface area contributed by atoms with Crippen LogP contribution in [0, 0.1) is 12.8 Å². The number of rotatable bonds is 3. The lowest BCUT2D eigenvalue weighted by molar-refractivity contribution is -0.133. The molecule has 2 atom stereocenters. The van der Waals surface area contributed by atoms with Gasteiger partial charge in [0.2, 0.25) is 5.91 Å². The standard InChI is InChI=1S/C16H22BrNO2/c1-11-8-15(17)6-5-13(11)9-16(20)18-7-3-4-14(10-18)12(2)19/h5-6,8,12,14,19H,3-4,7,9-10H2,1-2H3/t12-,14+/m1/s1. The molecule has 0 saturated carbocycles. The number of aliphatic hydroxyl groups is 1. The van der Waals surface area contributed by atoms with Crippen LogP contribution in [0.2, 0.25) is 0 Å². The largest absolute Gasteiger partial charge is 0.393 e. The van der Waals surface area contributed by atoms with Crippen molar-refractivity contribution in [1.82, 2.24) is 4.90 Å². The summed E-state index contributed by atoms with van der Waals surface area (Å²) in [6, 6.07) is 6.02. The highest BCUT2D eigenvalue weighted by molar-refractivity contribution is 9.10. The molecular weight excluding hydrogens is 318 g/mol.